The number of carbonyl (C=O) groups is 3. The van der Waals surface area contributed by atoms with Gasteiger partial charge in [-0.2, -0.15) is 0 Å². The molecular formula is C63H122O6. The van der Waals surface area contributed by atoms with Gasteiger partial charge in [-0.25, -0.2) is 0 Å². The minimum Gasteiger partial charge on any atom is -0.462 e. The van der Waals surface area contributed by atoms with Crippen molar-refractivity contribution in [2.45, 2.75) is 362 Å². The lowest BCUT2D eigenvalue weighted by atomic mass is 9.99. The summed E-state index contributed by atoms with van der Waals surface area (Å²) in [4.78, 5) is 38.2. The maximum absolute atomic E-state index is 12.9. The monoisotopic (exact) mass is 975 g/mol. The minimum absolute atomic E-state index is 0.0625. The molecule has 0 radical (unpaired) electrons. The van der Waals surface area contributed by atoms with Crippen molar-refractivity contribution in [1.29, 1.82) is 0 Å². The molecule has 0 fully saturated rings. The van der Waals surface area contributed by atoms with Crippen LogP contribution in [0.4, 0.5) is 0 Å². The van der Waals surface area contributed by atoms with Crippen molar-refractivity contribution < 1.29 is 28.6 Å². The van der Waals surface area contributed by atoms with Gasteiger partial charge in [-0.05, 0) is 31.1 Å². The van der Waals surface area contributed by atoms with Crippen molar-refractivity contribution in [3.05, 3.63) is 0 Å². The maximum atomic E-state index is 12.9. The highest BCUT2D eigenvalue weighted by molar-refractivity contribution is 5.71. The zero-order valence-corrected chi connectivity index (χ0v) is 47.5. The average Bonchev–Trinajstić information content (AvgIpc) is 3.34. The van der Waals surface area contributed by atoms with Crippen LogP contribution in [0, 0.1) is 11.8 Å². The Morgan fingerprint density at radius 1 is 0.304 bits per heavy atom. The first-order valence-electron chi connectivity index (χ1n) is 31.3. The van der Waals surface area contributed by atoms with E-state index >= 15 is 0 Å². The minimum atomic E-state index is -0.764. The van der Waals surface area contributed by atoms with Crippen LogP contribution in [-0.2, 0) is 28.6 Å². The molecule has 6 nitrogen and oxygen atoms in total. The third kappa shape index (κ3) is 55.6. The van der Waals surface area contributed by atoms with Crippen LogP contribution in [0.1, 0.15) is 356 Å². The maximum Gasteiger partial charge on any atom is 0.306 e. The second-order valence-corrected chi connectivity index (χ2v) is 22.4. The van der Waals surface area contributed by atoms with Gasteiger partial charge in [0.2, 0.25) is 0 Å². The smallest absolute Gasteiger partial charge is 0.306 e. The van der Waals surface area contributed by atoms with E-state index in [4.69, 9.17) is 14.2 Å². The molecular weight excluding hydrogens is 853 g/mol. The van der Waals surface area contributed by atoms with E-state index in [0.29, 0.717) is 19.3 Å². The van der Waals surface area contributed by atoms with E-state index in [1.807, 2.05) is 0 Å². The second-order valence-electron chi connectivity index (χ2n) is 22.4. The highest BCUT2D eigenvalue weighted by Crippen LogP contribution is 2.19. The lowest BCUT2D eigenvalue weighted by Gasteiger charge is -2.18. The molecule has 0 spiro atoms. The molecule has 6 heteroatoms. The van der Waals surface area contributed by atoms with Crippen molar-refractivity contribution in [2.75, 3.05) is 13.2 Å². The van der Waals surface area contributed by atoms with Gasteiger partial charge in [-0.15, -0.1) is 0 Å². The van der Waals surface area contributed by atoms with Crippen LogP contribution < -0.4 is 0 Å². The summed E-state index contributed by atoms with van der Waals surface area (Å²) in [6.45, 7) is 11.4. The Bertz CT molecular complexity index is 1060. The number of hydrogen-bond acceptors (Lipinski definition) is 6. The first kappa shape index (κ1) is 67.4. The predicted molar refractivity (Wildman–Crippen MR) is 298 cm³/mol. The summed E-state index contributed by atoms with van der Waals surface area (Å²) < 4.78 is 16.9. The molecule has 0 saturated heterocycles. The van der Waals surface area contributed by atoms with Gasteiger partial charge >= 0.3 is 17.9 Å². The van der Waals surface area contributed by atoms with E-state index < -0.39 is 6.10 Å². The SMILES string of the molecule is CCCCCCCCCCCCCCCCCCCCC(=O)OC[C@@H](COC(=O)CCCCCCCCCCC(C)CC)OC(=O)CCCCCCCCCCCCCCCCCCCCC(C)C. The number of rotatable bonds is 57. The standard InChI is InChI=1S/C63H122O6/c1-6-8-9-10-11-12-13-14-15-16-20-23-26-29-32-38-43-48-53-61(64)67-56-60(57-68-62(65)54-49-44-39-35-34-37-42-47-52-59(5)7-2)69-63(66)55-50-45-40-33-30-27-24-21-18-17-19-22-25-28-31-36-41-46-51-58(3)4/h58-60H,6-57H2,1-5H3/t59?,60-/m0/s1. The molecule has 0 N–H and O–H groups in total. The fourth-order valence-corrected chi connectivity index (χ4v) is 9.73. The molecule has 0 heterocycles. The van der Waals surface area contributed by atoms with Gasteiger partial charge in [0, 0.05) is 19.3 Å². The molecule has 0 bridgehead atoms. The van der Waals surface area contributed by atoms with Gasteiger partial charge in [0.15, 0.2) is 6.10 Å². The van der Waals surface area contributed by atoms with Crippen LogP contribution >= 0.6 is 0 Å². The van der Waals surface area contributed by atoms with Gasteiger partial charge < -0.3 is 14.2 Å². The van der Waals surface area contributed by atoms with Crippen molar-refractivity contribution in [3.8, 4) is 0 Å². The summed E-state index contributed by atoms with van der Waals surface area (Å²) in [7, 11) is 0. The van der Waals surface area contributed by atoms with E-state index in [0.717, 1.165) is 69.6 Å². The van der Waals surface area contributed by atoms with Gasteiger partial charge in [0.05, 0.1) is 0 Å². The Hall–Kier alpha value is -1.59. The Balaban J connectivity index is 4.25. The van der Waals surface area contributed by atoms with E-state index in [1.54, 1.807) is 0 Å². The van der Waals surface area contributed by atoms with Crippen molar-refractivity contribution >= 4 is 17.9 Å². The number of esters is 3. The van der Waals surface area contributed by atoms with Gasteiger partial charge in [0.1, 0.15) is 13.2 Å². The molecule has 0 aromatic carbocycles. The Kier molecular flexibility index (Phi) is 54.4. The van der Waals surface area contributed by atoms with Crippen molar-refractivity contribution in [3.63, 3.8) is 0 Å². The number of unbranched alkanes of at least 4 members (excludes halogenated alkanes) is 41. The molecule has 0 aromatic heterocycles. The van der Waals surface area contributed by atoms with Gasteiger partial charge in [0.25, 0.3) is 0 Å². The Morgan fingerprint density at radius 2 is 0.551 bits per heavy atom. The first-order valence-corrected chi connectivity index (χ1v) is 31.3. The lowest BCUT2D eigenvalue weighted by Crippen LogP contribution is -2.30. The van der Waals surface area contributed by atoms with Crippen LogP contribution in [0.3, 0.4) is 0 Å². The van der Waals surface area contributed by atoms with Crippen LogP contribution in [0.2, 0.25) is 0 Å². The summed E-state index contributed by atoms with van der Waals surface area (Å²) in [5, 5.41) is 0. The largest absolute Gasteiger partial charge is 0.462 e. The van der Waals surface area contributed by atoms with E-state index in [1.165, 1.54) is 244 Å². The normalized spacial score (nSPS) is 12.4. The first-order chi connectivity index (χ1) is 33.8. The van der Waals surface area contributed by atoms with E-state index in [2.05, 4.69) is 34.6 Å². The number of ether oxygens (including phenoxy) is 3. The van der Waals surface area contributed by atoms with Crippen molar-refractivity contribution in [2.24, 2.45) is 11.8 Å². The van der Waals surface area contributed by atoms with Crippen LogP contribution in [-0.4, -0.2) is 37.2 Å². The summed E-state index contributed by atoms with van der Waals surface area (Å²) in [5.74, 6) is 0.870. The van der Waals surface area contributed by atoms with Gasteiger partial charge in [-0.1, -0.05) is 317 Å². The Labute approximate surface area is 431 Å². The molecule has 0 saturated carbocycles. The second kappa shape index (κ2) is 55.7. The molecule has 0 rings (SSSR count). The molecule has 1 unspecified atom stereocenters. The van der Waals surface area contributed by atoms with E-state index in [-0.39, 0.29) is 31.1 Å². The fraction of sp³-hybridized carbons (Fsp3) is 0.952. The van der Waals surface area contributed by atoms with E-state index in [9.17, 15) is 14.4 Å². The van der Waals surface area contributed by atoms with Crippen LogP contribution in [0.5, 0.6) is 0 Å². The van der Waals surface area contributed by atoms with Crippen LogP contribution in [0.15, 0.2) is 0 Å². The zero-order valence-electron chi connectivity index (χ0n) is 47.5. The quantitative estimate of drug-likeness (QED) is 0.0343. The third-order valence-corrected chi connectivity index (χ3v) is 14.8. The highest BCUT2D eigenvalue weighted by Gasteiger charge is 2.19. The lowest BCUT2D eigenvalue weighted by molar-refractivity contribution is -0.167. The molecule has 69 heavy (non-hydrogen) atoms. The molecule has 2 atom stereocenters. The molecule has 0 aliphatic rings. The Morgan fingerprint density at radius 3 is 0.826 bits per heavy atom. The highest BCUT2D eigenvalue weighted by atomic mass is 16.6. The molecule has 0 aliphatic heterocycles. The predicted octanol–water partition coefficient (Wildman–Crippen LogP) is 20.8. The summed E-state index contributed by atoms with van der Waals surface area (Å²) in [6.07, 6.45) is 61.0. The molecule has 0 aliphatic carbocycles. The third-order valence-electron chi connectivity index (χ3n) is 14.8. The molecule has 0 aromatic rings. The fourth-order valence-electron chi connectivity index (χ4n) is 9.73. The summed E-state index contributed by atoms with van der Waals surface area (Å²) in [6, 6.07) is 0. The average molecular weight is 976 g/mol. The topological polar surface area (TPSA) is 78.9 Å². The molecule has 0 amide bonds. The molecule has 410 valence electrons. The number of carbonyl (C=O) groups excluding carboxylic acids is 3. The summed E-state index contributed by atoms with van der Waals surface area (Å²) in [5.41, 5.74) is 0. The van der Waals surface area contributed by atoms with Crippen molar-refractivity contribution in [1.82, 2.24) is 0 Å². The zero-order chi connectivity index (χ0) is 50.4. The summed E-state index contributed by atoms with van der Waals surface area (Å²) >= 11 is 0. The number of hydrogen-bond donors (Lipinski definition) is 0. The van der Waals surface area contributed by atoms with Gasteiger partial charge in [-0.3, -0.25) is 14.4 Å². The van der Waals surface area contributed by atoms with Crippen LogP contribution in [0.25, 0.3) is 0 Å².